The number of anilines is 2. The molecule has 0 spiro atoms. The van der Waals surface area contributed by atoms with E-state index in [1.54, 1.807) is 19.4 Å². The van der Waals surface area contributed by atoms with Gasteiger partial charge in [-0.3, -0.25) is 9.69 Å². The summed E-state index contributed by atoms with van der Waals surface area (Å²) in [6.45, 7) is 4.64. The lowest BCUT2D eigenvalue weighted by atomic mass is 9.99. The number of amides is 1. The Morgan fingerprint density at radius 2 is 2.15 bits per heavy atom. The molecule has 13 nitrogen and oxygen atoms in total. The molecule has 4 heterocycles. The lowest BCUT2D eigenvalue weighted by Crippen LogP contribution is -2.42. The van der Waals surface area contributed by atoms with Crippen molar-refractivity contribution in [3.05, 3.63) is 59.4 Å². The molecule has 0 saturated carbocycles. The predicted molar refractivity (Wildman–Crippen MR) is 150 cm³/mol. The summed E-state index contributed by atoms with van der Waals surface area (Å²) < 4.78 is 21.4. The molecule has 1 aromatic carbocycles. The molecular weight excluding hydrogens is 530 g/mol. The molecule has 3 aromatic rings. The number of carbonyl (C=O) groups excluding carboxylic acids is 1. The number of carbonyl (C=O) groups is 1. The summed E-state index contributed by atoms with van der Waals surface area (Å²) in [7, 11) is 3.48. The molecule has 13 heteroatoms. The fourth-order valence-corrected chi connectivity index (χ4v) is 4.62. The van der Waals surface area contributed by atoms with Crippen LogP contribution in [-0.2, 0) is 29.0 Å². The highest BCUT2D eigenvalue weighted by Crippen LogP contribution is 2.25. The average molecular weight is 568 g/mol. The molecule has 1 saturated heterocycles. The van der Waals surface area contributed by atoms with Gasteiger partial charge in [-0.05, 0) is 29.7 Å². The van der Waals surface area contributed by atoms with E-state index >= 15 is 0 Å². The average Bonchev–Trinajstić information content (AvgIpc) is 3.49. The van der Waals surface area contributed by atoms with E-state index in [2.05, 4.69) is 42.6 Å². The highest BCUT2D eigenvalue weighted by atomic mass is 16.5. The van der Waals surface area contributed by atoms with Crippen LogP contribution in [0.2, 0.25) is 0 Å². The first-order chi connectivity index (χ1) is 20.0. The number of aliphatic hydroxyl groups excluding tert-OH is 1. The Hall–Kier alpha value is -3.78. The Balaban J connectivity index is 1.13. The first-order valence-corrected chi connectivity index (χ1v) is 13.7. The van der Waals surface area contributed by atoms with E-state index in [0.717, 1.165) is 18.7 Å². The van der Waals surface area contributed by atoms with Crippen molar-refractivity contribution in [2.45, 2.75) is 31.7 Å². The minimum atomic E-state index is -0.736. The maximum Gasteiger partial charge on any atom is 0.270 e. The van der Waals surface area contributed by atoms with Crippen LogP contribution in [0.5, 0.6) is 5.75 Å². The fraction of sp³-hybridized carbons (Fsp3) is 0.500. The minimum absolute atomic E-state index is 0.106. The molecule has 5 rings (SSSR count). The van der Waals surface area contributed by atoms with Gasteiger partial charge in [0.15, 0.2) is 12.2 Å². The summed E-state index contributed by atoms with van der Waals surface area (Å²) >= 11 is 0. The zero-order chi connectivity index (χ0) is 28.6. The first-order valence-electron chi connectivity index (χ1n) is 13.7. The van der Waals surface area contributed by atoms with Crippen molar-refractivity contribution >= 4 is 17.7 Å². The quantitative estimate of drug-likeness (QED) is 0.256. The number of oxazole rings is 1. The van der Waals surface area contributed by atoms with E-state index < -0.39 is 6.10 Å². The van der Waals surface area contributed by atoms with Gasteiger partial charge in [-0.2, -0.15) is 4.98 Å². The van der Waals surface area contributed by atoms with Crippen LogP contribution in [0.15, 0.2) is 41.3 Å². The predicted octanol–water partition coefficient (Wildman–Crippen LogP) is 1.09. The molecule has 1 atom stereocenters. The summed E-state index contributed by atoms with van der Waals surface area (Å²) in [5.74, 6) is 2.05. The van der Waals surface area contributed by atoms with Gasteiger partial charge in [0.2, 0.25) is 5.95 Å². The zero-order valence-corrected chi connectivity index (χ0v) is 23.4. The Morgan fingerprint density at radius 1 is 1.27 bits per heavy atom. The van der Waals surface area contributed by atoms with Gasteiger partial charge in [0.05, 0.1) is 38.2 Å². The largest absolute Gasteiger partial charge is 0.486 e. The van der Waals surface area contributed by atoms with E-state index in [-0.39, 0.29) is 24.2 Å². The van der Waals surface area contributed by atoms with Crippen LogP contribution in [0.3, 0.4) is 0 Å². The molecule has 2 aliphatic heterocycles. The highest BCUT2D eigenvalue weighted by molar-refractivity contribution is 5.93. The zero-order valence-electron chi connectivity index (χ0n) is 23.4. The van der Waals surface area contributed by atoms with Crippen LogP contribution >= 0.6 is 0 Å². The number of aromatic nitrogens is 3. The SMILES string of the molecule is COCCN(C)c1nc(NC2COC2)cc(C(=O)NCC(O)CN2CCc3cc(OCc4cnco4)ccc3C2)n1. The number of nitrogens with one attached hydrogen (secondary N) is 2. The molecule has 2 aromatic heterocycles. The fourth-order valence-electron chi connectivity index (χ4n) is 4.62. The Bertz CT molecular complexity index is 1290. The van der Waals surface area contributed by atoms with Gasteiger partial charge >= 0.3 is 0 Å². The van der Waals surface area contributed by atoms with Crippen LogP contribution in [0.1, 0.15) is 27.4 Å². The number of aliphatic hydroxyl groups is 1. The summed E-state index contributed by atoms with van der Waals surface area (Å²) in [6, 6.07) is 7.83. The van der Waals surface area contributed by atoms with Gasteiger partial charge in [0, 0.05) is 52.9 Å². The number of methoxy groups -OCH3 is 1. The van der Waals surface area contributed by atoms with E-state index in [9.17, 15) is 9.90 Å². The van der Waals surface area contributed by atoms with Crippen molar-refractivity contribution in [3.63, 3.8) is 0 Å². The van der Waals surface area contributed by atoms with Gasteiger partial charge in [-0.15, -0.1) is 0 Å². The third-order valence-electron chi connectivity index (χ3n) is 7.01. The van der Waals surface area contributed by atoms with Gasteiger partial charge < -0.3 is 39.3 Å². The molecule has 0 aliphatic carbocycles. The molecule has 1 fully saturated rings. The second-order valence-electron chi connectivity index (χ2n) is 10.3. The van der Waals surface area contributed by atoms with Gasteiger partial charge in [-0.1, -0.05) is 6.07 Å². The van der Waals surface area contributed by atoms with Crippen molar-refractivity contribution in [3.8, 4) is 5.75 Å². The standard InChI is InChI=1S/C28H37N7O6/c1-34(7-8-38-2)28-32-25(10-26(33-28)31-21-15-39-16-21)27(37)30-11-22(36)14-35-6-5-19-9-23(4-3-20(19)13-35)40-17-24-12-29-18-41-24/h3-4,9-10,12,18,21-22,36H,5-8,11,13-17H2,1-2H3,(H,30,37)(H,31,32,33). The molecule has 0 bridgehead atoms. The van der Waals surface area contributed by atoms with E-state index in [4.69, 9.17) is 18.6 Å². The number of hydrogen-bond donors (Lipinski definition) is 3. The molecule has 41 heavy (non-hydrogen) atoms. The van der Waals surface area contributed by atoms with Gasteiger partial charge in [-0.25, -0.2) is 9.97 Å². The van der Waals surface area contributed by atoms with Crippen LogP contribution in [0.4, 0.5) is 11.8 Å². The molecule has 0 radical (unpaired) electrons. The van der Waals surface area contributed by atoms with Crippen molar-refractivity contribution in [2.24, 2.45) is 0 Å². The van der Waals surface area contributed by atoms with Crippen LogP contribution in [-0.4, -0.2) is 103 Å². The van der Waals surface area contributed by atoms with Crippen LogP contribution < -0.4 is 20.3 Å². The summed E-state index contributed by atoms with van der Waals surface area (Å²) in [5.41, 5.74) is 2.65. The monoisotopic (exact) mass is 567 g/mol. The maximum absolute atomic E-state index is 13.0. The van der Waals surface area contributed by atoms with E-state index in [1.165, 1.54) is 17.5 Å². The van der Waals surface area contributed by atoms with Crippen LogP contribution in [0.25, 0.3) is 0 Å². The van der Waals surface area contributed by atoms with Crippen molar-refractivity contribution < 1.29 is 28.5 Å². The molecule has 1 unspecified atom stereocenters. The minimum Gasteiger partial charge on any atom is -0.486 e. The van der Waals surface area contributed by atoms with Crippen molar-refractivity contribution in [1.29, 1.82) is 0 Å². The molecule has 220 valence electrons. The number of fused-ring (bicyclic) bond motifs is 1. The second-order valence-corrected chi connectivity index (χ2v) is 10.3. The molecular formula is C28H37N7O6. The first kappa shape index (κ1) is 28.7. The Morgan fingerprint density at radius 3 is 2.90 bits per heavy atom. The summed E-state index contributed by atoms with van der Waals surface area (Å²) in [5, 5.41) is 16.8. The van der Waals surface area contributed by atoms with Crippen molar-refractivity contribution in [2.75, 3.05) is 70.4 Å². The van der Waals surface area contributed by atoms with Crippen LogP contribution in [0, 0.1) is 0 Å². The number of benzene rings is 1. The summed E-state index contributed by atoms with van der Waals surface area (Å²) in [4.78, 5) is 30.0. The van der Waals surface area contributed by atoms with Gasteiger partial charge in [0.25, 0.3) is 5.91 Å². The normalized spacial score (nSPS) is 16.0. The van der Waals surface area contributed by atoms with E-state index in [0.29, 0.717) is 63.6 Å². The highest BCUT2D eigenvalue weighted by Gasteiger charge is 2.23. The van der Waals surface area contributed by atoms with Gasteiger partial charge in [0.1, 0.15) is 23.9 Å². The van der Waals surface area contributed by atoms with E-state index in [1.807, 2.05) is 18.0 Å². The lowest BCUT2D eigenvalue weighted by molar-refractivity contribution is 0.0209. The number of rotatable bonds is 14. The topological polar surface area (TPSA) is 147 Å². The lowest BCUT2D eigenvalue weighted by Gasteiger charge is -2.30. The van der Waals surface area contributed by atoms with Crippen molar-refractivity contribution in [1.82, 2.24) is 25.2 Å². The number of ether oxygens (including phenoxy) is 3. The summed E-state index contributed by atoms with van der Waals surface area (Å²) in [6.07, 6.45) is 3.13. The third kappa shape index (κ3) is 7.91. The maximum atomic E-state index is 13.0. The third-order valence-corrected chi connectivity index (χ3v) is 7.01. The Labute approximate surface area is 238 Å². The number of likely N-dealkylation sites (N-methyl/N-ethyl adjacent to an activating group) is 1. The number of hydrogen-bond acceptors (Lipinski definition) is 12. The molecule has 3 N–H and O–H groups in total. The Kier molecular flexibility index (Phi) is 9.62. The molecule has 2 aliphatic rings. The number of β-amino-alcohol motifs (C(OH)–C–C–N with tert-alkyl or cyclic N) is 1. The second kappa shape index (κ2) is 13.7. The number of nitrogens with zero attached hydrogens (tertiary/aromatic N) is 5. The molecule has 1 amide bonds. The smallest absolute Gasteiger partial charge is 0.270 e.